The Morgan fingerprint density at radius 1 is 1.22 bits per heavy atom. The summed E-state index contributed by atoms with van der Waals surface area (Å²) in [6, 6.07) is 0. The molecular weight excluding hydrogens is 454 g/mol. The highest BCUT2D eigenvalue weighted by atomic mass is 32.2. The molecule has 2 heterocycles. The number of rotatable bonds is 11. The zero-order valence-electron chi connectivity index (χ0n) is 18.9. The van der Waals surface area contributed by atoms with Gasteiger partial charge in [-0.3, -0.25) is 14.2 Å². The lowest BCUT2D eigenvalue weighted by atomic mass is 10.1. The Labute approximate surface area is 194 Å². The van der Waals surface area contributed by atoms with E-state index >= 15 is 0 Å². The van der Waals surface area contributed by atoms with Crippen molar-refractivity contribution < 1.29 is 19.1 Å². The number of nitrogens with one attached hydrogen (secondary N) is 2. The summed E-state index contributed by atoms with van der Waals surface area (Å²) in [7, 11) is 0. The van der Waals surface area contributed by atoms with Crippen molar-refractivity contribution in [2.45, 2.75) is 52.7 Å². The van der Waals surface area contributed by atoms with Gasteiger partial charge < -0.3 is 15.0 Å². The molecule has 0 spiro atoms. The maximum Gasteiger partial charge on any atom is 0.343 e. The molecule has 0 bridgehead atoms. The Morgan fingerprint density at radius 2 is 1.91 bits per heavy atom. The van der Waals surface area contributed by atoms with Gasteiger partial charge in [-0.2, -0.15) is 0 Å². The predicted molar refractivity (Wildman–Crippen MR) is 125 cm³/mol. The molecule has 0 aromatic carbocycles. The first-order valence-corrected chi connectivity index (χ1v) is 12.3. The van der Waals surface area contributed by atoms with Gasteiger partial charge >= 0.3 is 11.7 Å². The van der Waals surface area contributed by atoms with E-state index in [4.69, 9.17) is 4.74 Å². The van der Waals surface area contributed by atoms with Crippen molar-refractivity contribution >= 4 is 45.9 Å². The van der Waals surface area contributed by atoms with Crippen LogP contribution in [0.1, 0.15) is 59.7 Å². The number of ether oxygens (including phenoxy) is 1. The number of hydrogen-bond donors (Lipinski definition) is 2. The van der Waals surface area contributed by atoms with Gasteiger partial charge in [0.05, 0.1) is 22.8 Å². The molecule has 32 heavy (non-hydrogen) atoms. The van der Waals surface area contributed by atoms with E-state index in [-0.39, 0.29) is 40.4 Å². The van der Waals surface area contributed by atoms with E-state index in [0.29, 0.717) is 35.2 Å². The quantitative estimate of drug-likeness (QED) is 0.372. The van der Waals surface area contributed by atoms with Crippen molar-refractivity contribution in [1.82, 2.24) is 19.7 Å². The van der Waals surface area contributed by atoms with Crippen molar-refractivity contribution in [3.63, 3.8) is 0 Å². The van der Waals surface area contributed by atoms with E-state index < -0.39 is 5.97 Å². The molecule has 2 N–H and O–H groups in total. The van der Waals surface area contributed by atoms with Crippen LogP contribution in [-0.4, -0.2) is 62.9 Å². The van der Waals surface area contributed by atoms with Gasteiger partial charge in [0.2, 0.25) is 5.91 Å². The molecule has 0 saturated heterocycles. The Balaban J connectivity index is 2.26. The van der Waals surface area contributed by atoms with Crippen molar-refractivity contribution in [3.05, 3.63) is 26.5 Å². The van der Waals surface area contributed by atoms with Gasteiger partial charge in [0, 0.05) is 19.6 Å². The number of aromatic amines is 1. The molecule has 0 radical (unpaired) electrons. The number of thiophene rings is 1. The molecule has 10 nitrogen and oxygen atoms in total. The molecule has 0 fully saturated rings. The number of nitrogens with zero attached hydrogens (tertiary/aromatic N) is 3. The Kier molecular flexibility index (Phi) is 9.51. The number of amides is 2. The fraction of sp³-hybridized carbons (Fsp3) is 0.550. The highest BCUT2D eigenvalue weighted by Gasteiger charge is 2.28. The third kappa shape index (κ3) is 5.80. The van der Waals surface area contributed by atoms with Crippen LogP contribution in [0.4, 0.5) is 5.00 Å². The minimum absolute atomic E-state index is 0.0213. The van der Waals surface area contributed by atoms with Gasteiger partial charge in [-0.25, -0.2) is 14.7 Å². The van der Waals surface area contributed by atoms with Gasteiger partial charge in [-0.1, -0.05) is 18.7 Å². The van der Waals surface area contributed by atoms with Gasteiger partial charge in [0.25, 0.3) is 5.91 Å². The summed E-state index contributed by atoms with van der Waals surface area (Å²) in [5.74, 6) is -1.20. The maximum atomic E-state index is 12.9. The summed E-state index contributed by atoms with van der Waals surface area (Å²) in [5, 5.41) is 9.75. The number of carbonyl (C=O) groups excluding carboxylic acids is 3. The van der Waals surface area contributed by atoms with Crippen LogP contribution in [0.5, 0.6) is 0 Å². The van der Waals surface area contributed by atoms with E-state index in [1.165, 1.54) is 4.57 Å². The fourth-order valence-corrected chi connectivity index (χ4v) is 4.99. The third-order valence-corrected chi connectivity index (χ3v) is 6.80. The molecule has 2 aromatic rings. The van der Waals surface area contributed by atoms with Gasteiger partial charge in [-0.15, -0.1) is 16.4 Å². The first-order valence-electron chi connectivity index (χ1n) is 10.5. The molecule has 0 aliphatic rings. The lowest BCUT2D eigenvalue weighted by molar-refractivity contribution is -0.113. The molecule has 2 amide bonds. The minimum atomic E-state index is -0.591. The number of H-pyrrole nitrogens is 1. The lowest BCUT2D eigenvalue weighted by Gasteiger charge is -2.18. The van der Waals surface area contributed by atoms with Crippen LogP contribution in [-0.2, 0) is 16.1 Å². The monoisotopic (exact) mass is 483 g/mol. The van der Waals surface area contributed by atoms with Crippen LogP contribution < -0.4 is 11.0 Å². The molecule has 176 valence electrons. The van der Waals surface area contributed by atoms with Crippen LogP contribution in [0, 0.1) is 6.92 Å². The zero-order valence-corrected chi connectivity index (χ0v) is 20.6. The summed E-state index contributed by atoms with van der Waals surface area (Å²) in [4.78, 5) is 51.9. The van der Waals surface area contributed by atoms with E-state index in [2.05, 4.69) is 15.5 Å². The summed E-state index contributed by atoms with van der Waals surface area (Å²) in [6.45, 7) is 10.8. The normalized spacial score (nSPS) is 10.8. The van der Waals surface area contributed by atoms with Crippen LogP contribution in [0.3, 0.4) is 0 Å². The zero-order chi connectivity index (χ0) is 23.8. The topological polar surface area (TPSA) is 126 Å². The van der Waals surface area contributed by atoms with Crippen molar-refractivity contribution in [2.75, 3.05) is 30.8 Å². The molecular formula is C20H29N5O5S2. The average molecular weight is 484 g/mol. The maximum absolute atomic E-state index is 12.9. The van der Waals surface area contributed by atoms with E-state index in [0.717, 1.165) is 29.5 Å². The van der Waals surface area contributed by atoms with Crippen molar-refractivity contribution in [3.8, 4) is 0 Å². The number of anilines is 1. The van der Waals surface area contributed by atoms with Gasteiger partial charge in [0.1, 0.15) is 5.00 Å². The van der Waals surface area contributed by atoms with Gasteiger partial charge in [-0.05, 0) is 39.7 Å². The molecule has 12 heteroatoms. The molecule has 2 rings (SSSR count). The summed E-state index contributed by atoms with van der Waals surface area (Å²) in [6.07, 6.45) is 0.750. The number of thioether (sulfide) groups is 1. The molecule has 0 unspecified atom stereocenters. The largest absolute Gasteiger partial charge is 0.462 e. The van der Waals surface area contributed by atoms with Crippen molar-refractivity contribution in [1.29, 1.82) is 0 Å². The molecule has 0 atom stereocenters. The molecule has 0 aliphatic heterocycles. The fourth-order valence-electron chi connectivity index (χ4n) is 3.04. The van der Waals surface area contributed by atoms with Crippen molar-refractivity contribution in [2.24, 2.45) is 0 Å². The Morgan fingerprint density at radius 3 is 2.50 bits per heavy atom. The number of esters is 1. The third-order valence-electron chi connectivity index (χ3n) is 4.63. The Hall–Kier alpha value is -2.60. The second kappa shape index (κ2) is 11.9. The SMILES string of the molecule is CCCn1c(SCC(=O)Nc2sc(C(=O)N(CC)CC)c(C)c2C(=O)OCC)n[nH]c1=O. The van der Waals surface area contributed by atoms with Crippen LogP contribution in [0.25, 0.3) is 0 Å². The summed E-state index contributed by atoms with van der Waals surface area (Å²) < 4.78 is 6.62. The standard InChI is InChI=1S/C20H29N5O5S2/c1-6-10-25-19(29)22-23-20(25)31-11-13(26)21-16-14(18(28)30-9-4)12(5)15(32-16)17(27)24(7-2)8-3/h6-11H2,1-5H3,(H,21,26)(H,22,29). The van der Waals surface area contributed by atoms with E-state index in [9.17, 15) is 19.2 Å². The second-order valence-electron chi connectivity index (χ2n) is 6.76. The van der Waals surface area contributed by atoms with Crippen LogP contribution >= 0.6 is 23.1 Å². The Bertz CT molecular complexity index is 1020. The van der Waals surface area contributed by atoms with Gasteiger partial charge in [0.15, 0.2) is 5.16 Å². The second-order valence-corrected chi connectivity index (χ2v) is 8.72. The van der Waals surface area contributed by atoms with E-state index in [1.54, 1.807) is 18.7 Å². The van der Waals surface area contributed by atoms with Crippen LogP contribution in [0.15, 0.2) is 9.95 Å². The number of carbonyl (C=O) groups is 3. The number of hydrogen-bond acceptors (Lipinski definition) is 8. The highest BCUT2D eigenvalue weighted by Crippen LogP contribution is 2.35. The first-order chi connectivity index (χ1) is 15.3. The predicted octanol–water partition coefficient (Wildman–Crippen LogP) is 2.74. The van der Waals surface area contributed by atoms with Crippen LogP contribution in [0.2, 0.25) is 0 Å². The summed E-state index contributed by atoms with van der Waals surface area (Å²) in [5.41, 5.74) is 0.346. The summed E-state index contributed by atoms with van der Waals surface area (Å²) >= 11 is 2.17. The molecule has 0 aliphatic carbocycles. The lowest BCUT2D eigenvalue weighted by Crippen LogP contribution is -2.30. The highest BCUT2D eigenvalue weighted by molar-refractivity contribution is 7.99. The first kappa shape index (κ1) is 25.7. The average Bonchev–Trinajstić information content (AvgIpc) is 3.27. The number of aromatic nitrogens is 3. The molecule has 2 aromatic heterocycles. The minimum Gasteiger partial charge on any atom is -0.462 e. The van der Waals surface area contributed by atoms with E-state index in [1.807, 2.05) is 20.8 Å². The smallest absolute Gasteiger partial charge is 0.343 e. The molecule has 0 saturated carbocycles.